The van der Waals surface area contributed by atoms with Crippen molar-refractivity contribution in [3.8, 4) is 23.4 Å². The number of aromatic nitrogens is 4. The second-order valence-corrected chi connectivity index (χ2v) is 7.65. The fraction of sp³-hybridized carbons (Fsp3) is 0.231. The Morgan fingerprint density at radius 2 is 2.03 bits per heavy atom. The maximum Gasteiger partial charge on any atom is 0.354 e. The number of methoxy groups -OCH3 is 1. The highest BCUT2D eigenvalue weighted by atomic mass is 16.5. The van der Waals surface area contributed by atoms with Gasteiger partial charge in [0.2, 0.25) is 11.6 Å². The summed E-state index contributed by atoms with van der Waals surface area (Å²) in [6.07, 6.45) is 9.95. The van der Waals surface area contributed by atoms with Gasteiger partial charge in [-0.2, -0.15) is 9.83 Å². The largest absolute Gasteiger partial charge is 0.493 e. The van der Waals surface area contributed by atoms with Crippen molar-refractivity contribution in [1.82, 2.24) is 14.5 Å². The zero-order chi connectivity index (χ0) is 23.9. The molecule has 0 amide bonds. The summed E-state index contributed by atoms with van der Waals surface area (Å²) in [5.41, 5.74) is 2.35. The molecule has 0 fully saturated rings. The van der Waals surface area contributed by atoms with E-state index in [1.165, 1.54) is 12.4 Å². The van der Waals surface area contributed by atoms with Gasteiger partial charge in [0, 0.05) is 23.9 Å². The molecule has 34 heavy (non-hydrogen) atoms. The van der Waals surface area contributed by atoms with Crippen LogP contribution in [0.15, 0.2) is 54.9 Å². The zero-order valence-electron chi connectivity index (χ0n) is 19.2. The van der Waals surface area contributed by atoms with E-state index in [4.69, 9.17) is 14.7 Å². The first kappa shape index (κ1) is 22.8. The van der Waals surface area contributed by atoms with Crippen LogP contribution in [0.4, 0.5) is 0 Å². The molecule has 0 radical (unpaired) electrons. The smallest absolute Gasteiger partial charge is 0.354 e. The number of imidazole rings is 1. The molecule has 4 rings (SSSR count). The van der Waals surface area contributed by atoms with Crippen LogP contribution < -0.4 is 14.2 Å². The van der Waals surface area contributed by atoms with Gasteiger partial charge in [-0.1, -0.05) is 31.9 Å². The van der Waals surface area contributed by atoms with Crippen LogP contribution in [-0.2, 0) is 0 Å². The molecule has 0 saturated carbocycles. The van der Waals surface area contributed by atoms with E-state index in [0.29, 0.717) is 46.5 Å². The third-order valence-corrected chi connectivity index (χ3v) is 5.34. The minimum Gasteiger partial charge on any atom is -0.493 e. The SMILES string of the molecule is CCCCCOc1c(C=Cc2nc3ccc[n+](O)c3n2-c2ccc(C#N)cn2)cccc1OC. The molecule has 0 aliphatic heterocycles. The molecule has 0 saturated heterocycles. The lowest BCUT2D eigenvalue weighted by Gasteiger charge is -2.13. The Bertz CT molecular complexity index is 1350. The molecular weight excluding hydrogens is 430 g/mol. The summed E-state index contributed by atoms with van der Waals surface area (Å²) >= 11 is 0. The van der Waals surface area contributed by atoms with Crippen molar-refractivity contribution in [3.63, 3.8) is 0 Å². The summed E-state index contributed by atoms with van der Waals surface area (Å²) in [7, 11) is 1.62. The van der Waals surface area contributed by atoms with E-state index in [2.05, 4.69) is 23.0 Å². The number of nitrogens with zero attached hydrogens (tertiary/aromatic N) is 5. The molecule has 3 heterocycles. The zero-order valence-corrected chi connectivity index (χ0v) is 19.2. The van der Waals surface area contributed by atoms with Gasteiger partial charge >= 0.3 is 5.65 Å². The van der Waals surface area contributed by atoms with E-state index in [9.17, 15) is 5.21 Å². The topological polar surface area (TPSA) is 97.1 Å². The first-order valence-electron chi connectivity index (χ1n) is 11.1. The number of hydrogen-bond donors (Lipinski definition) is 1. The second-order valence-electron chi connectivity index (χ2n) is 7.65. The Morgan fingerprint density at radius 3 is 2.76 bits per heavy atom. The van der Waals surface area contributed by atoms with Crippen LogP contribution in [0.3, 0.4) is 0 Å². The van der Waals surface area contributed by atoms with Crippen LogP contribution in [0.5, 0.6) is 11.5 Å². The van der Waals surface area contributed by atoms with Crippen molar-refractivity contribution >= 4 is 23.3 Å². The van der Waals surface area contributed by atoms with Gasteiger partial charge in [-0.3, -0.25) is 0 Å². The Kier molecular flexibility index (Phi) is 7.04. The van der Waals surface area contributed by atoms with Crippen LogP contribution >= 0.6 is 0 Å². The highest BCUT2D eigenvalue weighted by Gasteiger charge is 2.23. The minimum absolute atomic E-state index is 0.448. The predicted octanol–water partition coefficient (Wildman–Crippen LogP) is 4.56. The molecular formula is C26H26N5O3+. The van der Waals surface area contributed by atoms with E-state index in [1.54, 1.807) is 29.9 Å². The van der Waals surface area contributed by atoms with Gasteiger partial charge in [0.15, 0.2) is 17.0 Å². The Balaban J connectivity index is 1.77. The van der Waals surface area contributed by atoms with Crippen molar-refractivity contribution in [2.24, 2.45) is 0 Å². The standard InChI is InChI=1S/C26H26N5O3/c1-3-4-5-16-34-25-20(8-6-10-22(25)33-2)12-14-24-29-21-9-7-15-30(32)26(21)31(24)23-13-11-19(17-27)18-28-23/h6-15,18,32H,3-5,16H2,1-2H3/q+1. The molecule has 8 heteroatoms. The van der Waals surface area contributed by atoms with Gasteiger partial charge in [-0.25, -0.2) is 9.97 Å². The highest BCUT2D eigenvalue weighted by Crippen LogP contribution is 2.33. The Morgan fingerprint density at radius 1 is 1.15 bits per heavy atom. The minimum atomic E-state index is 0.448. The van der Waals surface area contributed by atoms with Crippen LogP contribution in [0.2, 0.25) is 0 Å². The highest BCUT2D eigenvalue weighted by molar-refractivity contribution is 5.78. The predicted molar refractivity (Wildman–Crippen MR) is 128 cm³/mol. The number of ether oxygens (including phenoxy) is 2. The fourth-order valence-corrected chi connectivity index (χ4v) is 3.66. The molecule has 8 nitrogen and oxygen atoms in total. The summed E-state index contributed by atoms with van der Waals surface area (Å²) in [4.78, 5) is 9.08. The quantitative estimate of drug-likeness (QED) is 0.225. The molecule has 0 aliphatic rings. The third kappa shape index (κ3) is 4.69. The first-order chi connectivity index (χ1) is 16.7. The summed E-state index contributed by atoms with van der Waals surface area (Å²) in [5.74, 6) is 2.42. The van der Waals surface area contributed by atoms with Gasteiger partial charge in [0.05, 0.1) is 19.3 Å². The summed E-state index contributed by atoms with van der Waals surface area (Å²) in [5, 5.41) is 19.6. The van der Waals surface area contributed by atoms with Gasteiger partial charge in [0.25, 0.3) is 0 Å². The maximum absolute atomic E-state index is 10.5. The molecule has 1 aromatic carbocycles. The molecule has 0 bridgehead atoms. The van der Waals surface area contributed by atoms with Gasteiger partial charge in [0.1, 0.15) is 12.3 Å². The number of hydrogen-bond acceptors (Lipinski definition) is 6. The number of para-hydroxylation sites is 1. The van der Waals surface area contributed by atoms with Crippen molar-refractivity contribution in [1.29, 1.82) is 5.26 Å². The summed E-state index contributed by atoms with van der Waals surface area (Å²) in [6, 6.07) is 14.7. The van der Waals surface area contributed by atoms with Crippen LogP contribution in [0.25, 0.3) is 29.1 Å². The first-order valence-corrected chi connectivity index (χ1v) is 11.1. The lowest BCUT2D eigenvalue weighted by Crippen LogP contribution is -2.32. The van der Waals surface area contributed by atoms with Crippen molar-refractivity contribution in [2.45, 2.75) is 26.2 Å². The fourth-order valence-electron chi connectivity index (χ4n) is 3.66. The third-order valence-electron chi connectivity index (χ3n) is 5.34. The van der Waals surface area contributed by atoms with Gasteiger partial charge in [-0.05, 0) is 41.5 Å². The average Bonchev–Trinajstić information content (AvgIpc) is 3.25. The number of pyridine rings is 2. The van der Waals surface area contributed by atoms with Crippen molar-refractivity contribution < 1.29 is 19.4 Å². The van der Waals surface area contributed by atoms with Gasteiger partial charge in [-0.15, -0.1) is 0 Å². The lowest BCUT2D eigenvalue weighted by atomic mass is 10.1. The van der Waals surface area contributed by atoms with Crippen molar-refractivity contribution in [2.75, 3.05) is 13.7 Å². The molecule has 0 atom stereocenters. The molecule has 0 aliphatic carbocycles. The number of benzene rings is 1. The second kappa shape index (κ2) is 10.5. The number of unbranched alkanes of at least 4 members (excludes halogenated alkanes) is 2. The van der Waals surface area contributed by atoms with E-state index in [1.807, 2.05) is 36.4 Å². The van der Waals surface area contributed by atoms with Crippen LogP contribution in [0.1, 0.15) is 43.1 Å². The van der Waals surface area contributed by atoms with Crippen LogP contribution in [0, 0.1) is 11.3 Å². The van der Waals surface area contributed by atoms with E-state index in [0.717, 1.165) is 29.6 Å². The normalized spacial score (nSPS) is 11.1. The average molecular weight is 457 g/mol. The monoisotopic (exact) mass is 456 g/mol. The molecule has 4 aromatic rings. The molecule has 3 aromatic heterocycles. The maximum atomic E-state index is 10.5. The van der Waals surface area contributed by atoms with E-state index >= 15 is 0 Å². The van der Waals surface area contributed by atoms with Gasteiger partial charge < -0.3 is 14.7 Å². The molecule has 1 N–H and O–H groups in total. The Hall–Kier alpha value is -4.38. The number of fused-ring (bicyclic) bond motifs is 1. The lowest BCUT2D eigenvalue weighted by molar-refractivity contribution is -0.886. The molecule has 0 spiro atoms. The number of nitriles is 1. The summed E-state index contributed by atoms with van der Waals surface area (Å²) in [6.45, 7) is 2.76. The molecule has 0 unspecified atom stereocenters. The number of rotatable bonds is 9. The molecule has 172 valence electrons. The van der Waals surface area contributed by atoms with E-state index < -0.39 is 0 Å². The Labute approximate surface area is 197 Å². The van der Waals surface area contributed by atoms with Crippen LogP contribution in [-0.4, -0.2) is 33.5 Å². The van der Waals surface area contributed by atoms with Crippen molar-refractivity contribution in [3.05, 3.63) is 71.8 Å². The van der Waals surface area contributed by atoms with E-state index in [-0.39, 0.29) is 0 Å². The summed E-state index contributed by atoms with van der Waals surface area (Å²) < 4.78 is 14.3.